The van der Waals surface area contributed by atoms with Crippen LogP contribution in [0.3, 0.4) is 0 Å². The number of ether oxygens (including phenoxy) is 2. The molecule has 1 heterocycles. The van der Waals surface area contributed by atoms with Gasteiger partial charge in [-0.05, 0) is 40.3 Å². The fourth-order valence-corrected chi connectivity index (χ4v) is 4.53. The van der Waals surface area contributed by atoms with E-state index >= 15 is 0 Å². The van der Waals surface area contributed by atoms with E-state index in [1.54, 1.807) is 11.8 Å². The van der Waals surface area contributed by atoms with Crippen LogP contribution in [0.2, 0.25) is 0 Å². The van der Waals surface area contributed by atoms with Crippen LogP contribution in [0, 0.1) is 22.7 Å². The Balaban J connectivity index is 2.19. The first-order chi connectivity index (χ1) is 14.9. The molecule has 0 aromatic heterocycles. The minimum absolute atomic E-state index is 0.215. The number of nitriles is 2. The Kier molecular flexibility index (Phi) is 7.29. The molecule has 0 aliphatic carbocycles. The molecule has 0 atom stereocenters. The molecule has 0 saturated heterocycles. The lowest BCUT2D eigenvalue weighted by molar-refractivity contribution is 0.251. The molecule has 8 heteroatoms. The molecule has 0 radical (unpaired) electrons. The lowest BCUT2D eigenvalue weighted by Gasteiger charge is -2.33. The molecule has 0 amide bonds. The van der Waals surface area contributed by atoms with Crippen LogP contribution in [0.4, 0.5) is 11.4 Å². The molecule has 1 aliphatic heterocycles. The van der Waals surface area contributed by atoms with Gasteiger partial charge in [-0.15, -0.1) is 0 Å². The Labute approximate surface area is 188 Å². The molecular weight excluding hydrogens is 410 g/mol. The molecule has 0 unspecified atom stereocenters. The summed E-state index contributed by atoms with van der Waals surface area (Å²) < 4.78 is 12.2. The maximum atomic E-state index is 9.98. The topological polar surface area (TPSA) is 75.8 Å². The zero-order chi connectivity index (χ0) is 22.5. The molecule has 7 nitrogen and oxygen atoms in total. The molecule has 2 aromatic carbocycles. The summed E-state index contributed by atoms with van der Waals surface area (Å²) in [7, 11) is 9.80. The van der Waals surface area contributed by atoms with E-state index in [9.17, 15) is 10.5 Å². The molecule has 0 spiro atoms. The lowest BCUT2D eigenvalue weighted by atomic mass is 10.0. The van der Waals surface area contributed by atoms with Crippen molar-refractivity contribution in [3.05, 3.63) is 35.4 Å². The third-order valence-corrected chi connectivity index (χ3v) is 6.06. The highest BCUT2D eigenvalue weighted by molar-refractivity contribution is 7.99. The van der Waals surface area contributed by atoms with Gasteiger partial charge in [0.15, 0.2) is 11.5 Å². The molecule has 0 saturated carbocycles. The summed E-state index contributed by atoms with van der Waals surface area (Å²) in [6.07, 6.45) is 0. The van der Waals surface area contributed by atoms with Crippen molar-refractivity contribution in [2.24, 2.45) is 0 Å². The maximum absolute atomic E-state index is 9.98. The Hall–Kier alpha value is -2.91. The number of anilines is 2. The van der Waals surface area contributed by atoms with Crippen LogP contribution < -0.4 is 14.4 Å². The number of rotatable bonds is 8. The van der Waals surface area contributed by atoms with Gasteiger partial charge in [-0.2, -0.15) is 10.5 Å². The predicted molar refractivity (Wildman–Crippen MR) is 123 cm³/mol. The number of hydrogen-bond acceptors (Lipinski definition) is 8. The smallest absolute Gasteiger partial charge is 0.163 e. The summed E-state index contributed by atoms with van der Waals surface area (Å²) >= 11 is 1.54. The number of nitrogens with zero attached hydrogens (tertiary/aromatic N) is 5. The highest BCUT2D eigenvalue weighted by atomic mass is 32.2. The monoisotopic (exact) mass is 437 g/mol. The summed E-state index contributed by atoms with van der Waals surface area (Å²) in [6, 6.07) is 12.4. The number of para-hydroxylation sites is 1. The third-order valence-electron chi connectivity index (χ3n) is 4.91. The summed E-state index contributed by atoms with van der Waals surface area (Å²) in [4.78, 5) is 7.90. The standard InChI is InChI=1S/C23H27N5O2S/c1-26(2)10-12-29-21-16(14-24)17(15-25)22(30-13-11-27(3)4)23-20(21)28(5)18-8-6-7-9-19(18)31-23/h6-9H,10-13H2,1-5H3. The van der Waals surface area contributed by atoms with Gasteiger partial charge in [-0.25, -0.2) is 0 Å². The second kappa shape index (κ2) is 9.93. The Morgan fingerprint density at radius 1 is 0.903 bits per heavy atom. The molecule has 0 fully saturated rings. The summed E-state index contributed by atoms with van der Waals surface area (Å²) in [5.41, 5.74) is 2.22. The Morgan fingerprint density at radius 2 is 1.45 bits per heavy atom. The van der Waals surface area contributed by atoms with Crippen LogP contribution in [0.25, 0.3) is 0 Å². The zero-order valence-corrected chi connectivity index (χ0v) is 19.4. The van der Waals surface area contributed by atoms with Crippen molar-refractivity contribution in [3.8, 4) is 23.6 Å². The third kappa shape index (κ3) is 4.72. The maximum Gasteiger partial charge on any atom is 0.163 e. The van der Waals surface area contributed by atoms with Gasteiger partial charge in [0.1, 0.15) is 42.2 Å². The van der Waals surface area contributed by atoms with E-state index in [0.717, 1.165) is 21.2 Å². The van der Waals surface area contributed by atoms with E-state index in [1.807, 2.05) is 74.2 Å². The van der Waals surface area contributed by atoms with Crippen LogP contribution in [0.1, 0.15) is 11.1 Å². The molecular formula is C23H27N5O2S. The first-order valence-corrected chi connectivity index (χ1v) is 10.8. The van der Waals surface area contributed by atoms with Crippen LogP contribution in [-0.4, -0.2) is 71.3 Å². The highest BCUT2D eigenvalue weighted by Crippen LogP contribution is 2.57. The molecule has 0 bridgehead atoms. The quantitative estimate of drug-likeness (QED) is 0.621. The molecule has 2 aromatic rings. The Bertz CT molecular complexity index is 1040. The van der Waals surface area contributed by atoms with Gasteiger partial charge in [0.25, 0.3) is 0 Å². The van der Waals surface area contributed by atoms with Crippen LogP contribution >= 0.6 is 11.8 Å². The van der Waals surface area contributed by atoms with E-state index in [0.29, 0.717) is 37.8 Å². The van der Waals surface area contributed by atoms with Crippen LogP contribution in [0.15, 0.2) is 34.1 Å². The Morgan fingerprint density at radius 3 is 2.03 bits per heavy atom. The van der Waals surface area contributed by atoms with E-state index in [-0.39, 0.29) is 11.1 Å². The highest BCUT2D eigenvalue weighted by Gasteiger charge is 2.33. The molecule has 1 aliphatic rings. The number of likely N-dealkylation sites (N-methyl/N-ethyl adjacent to an activating group) is 2. The van der Waals surface area contributed by atoms with E-state index in [1.165, 1.54) is 0 Å². The van der Waals surface area contributed by atoms with Crippen molar-refractivity contribution in [2.75, 3.05) is 66.4 Å². The summed E-state index contributed by atoms with van der Waals surface area (Å²) in [5.74, 6) is 0.877. The van der Waals surface area contributed by atoms with Gasteiger partial charge in [-0.3, -0.25) is 0 Å². The van der Waals surface area contributed by atoms with Crippen LogP contribution in [0.5, 0.6) is 11.5 Å². The summed E-state index contributed by atoms with van der Waals surface area (Å²) in [6.45, 7) is 2.20. The fraction of sp³-hybridized carbons (Fsp3) is 0.391. The van der Waals surface area contributed by atoms with Crippen molar-refractivity contribution in [1.29, 1.82) is 10.5 Å². The zero-order valence-electron chi connectivity index (χ0n) is 18.6. The number of hydrogen-bond donors (Lipinski definition) is 0. The minimum Gasteiger partial charge on any atom is -0.490 e. The fourth-order valence-electron chi connectivity index (χ4n) is 3.27. The first-order valence-electron chi connectivity index (χ1n) is 9.98. The van der Waals surface area contributed by atoms with Gasteiger partial charge in [0.2, 0.25) is 0 Å². The molecule has 162 valence electrons. The van der Waals surface area contributed by atoms with E-state index in [2.05, 4.69) is 12.1 Å². The van der Waals surface area contributed by atoms with Crippen molar-refractivity contribution >= 4 is 23.1 Å². The second-order valence-corrected chi connectivity index (χ2v) is 8.79. The number of benzene rings is 2. The normalized spacial score (nSPS) is 12.2. The van der Waals surface area contributed by atoms with Gasteiger partial charge in [-0.1, -0.05) is 23.9 Å². The predicted octanol–water partition coefficient (Wildman–Crippen LogP) is 3.54. The van der Waals surface area contributed by atoms with Gasteiger partial charge < -0.3 is 24.2 Å². The van der Waals surface area contributed by atoms with E-state index < -0.39 is 0 Å². The lowest BCUT2D eigenvalue weighted by Crippen LogP contribution is -2.23. The molecule has 3 rings (SSSR count). The van der Waals surface area contributed by atoms with Crippen molar-refractivity contribution in [3.63, 3.8) is 0 Å². The van der Waals surface area contributed by atoms with Crippen molar-refractivity contribution in [1.82, 2.24) is 9.80 Å². The average molecular weight is 438 g/mol. The minimum atomic E-state index is 0.215. The van der Waals surface area contributed by atoms with Gasteiger partial charge in [0, 0.05) is 25.0 Å². The number of fused-ring (bicyclic) bond motifs is 2. The average Bonchev–Trinajstić information content (AvgIpc) is 2.73. The molecule has 31 heavy (non-hydrogen) atoms. The summed E-state index contributed by atoms with van der Waals surface area (Å²) in [5, 5.41) is 19.9. The van der Waals surface area contributed by atoms with Gasteiger partial charge >= 0.3 is 0 Å². The van der Waals surface area contributed by atoms with Crippen molar-refractivity contribution in [2.45, 2.75) is 9.79 Å². The SMILES string of the molecule is CN(C)CCOc1c(C#N)c(C#N)c(OCCN(C)C)c2c1Sc1ccccc1N2C. The van der Waals surface area contributed by atoms with Crippen molar-refractivity contribution < 1.29 is 9.47 Å². The second-order valence-electron chi connectivity index (χ2n) is 7.74. The van der Waals surface area contributed by atoms with Crippen LogP contribution in [-0.2, 0) is 0 Å². The van der Waals surface area contributed by atoms with Gasteiger partial charge in [0.05, 0.1) is 10.6 Å². The molecule has 0 N–H and O–H groups in total. The van der Waals surface area contributed by atoms with E-state index in [4.69, 9.17) is 9.47 Å². The first kappa shape index (κ1) is 22.8. The largest absolute Gasteiger partial charge is 0.490 e.